The van der Waals surface area contributed by atoms with E-state index in [9.17, 15) is 4.79 Å². The predicted octanol–water partition coefficient (Wildman–Crippen LogP) is 6.07. The number of nitrogens with zero attached hydrogens (tertiary/aromatic N) is 1. The van der Waals surface area contributed by atoms with E-state index in [1.807, 2.05) is 27.1 Å². The molecule has 0 N–H and O–H groups in total. The van der Waals surface area contributed by atoms with Crippen LogP contribution in [-0.4, -0.2) is 36.0 Å². The molecule has 0 bridgehead atoms. The molecule has 0 saturated carbocycles. The smallest absolute Gasteiger partial charge is 0.334 e. The zero-order valence-electron chi connectivity index (χ0n) is 16.4. The minimum absolute atomic E-state index is 0.174. The summed E-state index contributed by atoms with van der Waals surface area (Å²) >= 11 is 3.47. The van der Waals surface area contributed by atoms with Gasteiger partial charge < -0.3 is 9.64 Å². The molecule has 142 valence electrons. The Hall–Kier alpha value is -0.350. The first-order valence-electron chi connectivity index (χ1n) is 9.58. The van der Waals surface area contributed by atoms with Gasteiger partial charge in [0.2, 0.25) is 0 Å². The third-order valence-electron chi connectivity index (χ3n) is 4.40. The maximum atomic E-state index is 12.0. The van der Waals surface area contributed by atoms with Gasteiger partial charge in [0.15, 0.2) is 5.01 Å². The first kappa shape index (κ1) is 23.6. The molecule has 0 saturated heterocycles. The van der Waals surface area contributed by atoms with E-state index in [1.165, 1.54) is 51.4 Å². The molecule has 0 aliphatic heterocycles. The van der Waals surface area contributed by atoms with Gasteiger partial charge in [-0.05, 0) is 56.7 Å². The van der Waals surface area contributed by atoms with E-state index in [0.29, 0.717) is 5.57 Å². The molecule has 0 rings (SSSR count). The normalized spacial score (nSPS) is 14.7. The first-order valence-corrected chi connectivity index (χ1v) is 10.5. The maximum Gasteiger partial charge on any atom is 0.334 e. The number of esters is 1. The largest absolute Gasteiger partial charge is 0.447 e. The third kappa shape index (κ3) is 13.0. The van der Waals surface area contributed by atoms with Crippen molar-refractivity contribution in [1.29, 1.82) is 0 Å². The van der Waals surface area contributed by atoms with Crippen LogP contribution in [0.15, 0.2) is 11.6 Å². The topological polar surface area (TPSA) is 29.5 Å². The monoisotopic (exact) mass is 403 g/mol. The zero-order valence-corrected chi connectivity index (χ0v) is 18.0. The molecule has 0 aromatic carbocycles. The Balaban J connectivity index is 3.75. The molecule has 2 atom stereocenters. The quantitative estimate of drug-likeness (QED) is 0.152. The second-order valence-electron chi connectivity index (χ2n) is 6.99. The van der Waals surface area contributed by atoms with Crippen LogP contribution < -0.4 is 0 Å². The number of ether oxygens (including phenoxy) is 1. The molecule has 0 aliphatic rings. The van der Waals surface area contributed by atoms with Crippen LogP contribution in [0.2, 0.25) is 0 Å². The molecule has 0 aromatic rings. The molecule has 3 nitrogen and oxygen atoms in total. The Morgan fingerprint density at radius 3 is 2.04 bits per heavy atom. The summed E-state index contributed by atoms with van der Waals surface area (Å²) in [5, 5.41) is -0.174. The Morgan fingerprint density at radius 2 is 1.54 bits per heavy atom. The number of alkyl halides is 1. The Morgan fingerprint density at radius 1 is 1.04 bits per heavy atom. The lowest BCUT2D eigenvalue weighted by atomic mass is 10.1. The lowest BCUT2D eigenvalue weighted by Crippen LogP contribution is -2.24. The lowest BCUT2D eigenvalue weighted by Gasteiger charge is -2.17. The van der Waals surface area contributed by atoms with Gasteiger partial charge >= 0.3 is 5.97 Å². The van der Waals surface area contributed by atoms with Crippen LogP contribution in [0.5, 0.6) is 0 Å². The van der Waals surface area contributed by atoms with Crippen LogP contribution in [-0.2, 0) is 9.53 Å². The van der Waals surface area contributed by atoms with Crippen molar-refractivity contribution in [3.05, 3.63) is 11.6 Å². The number of carbonyl (C=O) groups is 1. The molecule has 0 aliphatic carbocycles. The van der Waals surface area contributed by atoms with Crippen molar-refractivity contribution in [2.45, 2.75) is 96.0 Å². The summed E-state index contributed by atoms with van der Waals surface area (Å²) in [6.45, 7) is 6.13. The van der Waals surface area contributed by atoms with Gasteiger partial charge in [-0.25, -0.2) is 4.79 Å². The van der Waals surface area contributed by atoms with E-state index in [4.69, 9.17) is 4.74 Å². The van der Waals surface area contributed by atoms with Crippen molar-refractivity contribution in [2.75, 3.05) is 14.1 Å². The van der Waals surface area contributed by atoms with Gasteiger partial charge in [0.05, 0.1) is 0 Å². The van der Waals surface area contributed by atoms with Crippen molar-refractivity contribution in [3.8, 4) is 0 Å². The highest BCUT2D eigenvalue weighted by Gasteiger charge is 2.13. The van der Waals surface area contributed by atoms with Gasteiger partial charge in [-0.15, -0.1) is 0 Å². The molecule has 0 spiro atoms. The van der Waals surface area contributed by atoms with E-state index < -0.39 is 0 Å². The van der Waals surface area contributed by atoms with E-state index in [1.54, 1.807) is 0 Å². The van der Waals surface area contributed by atoms with E-state index >= 15 is 0 Å². The second-order valence-corrected chi connectivity index (χ2v) is 8.01. The van der Waals surface area contributed by atoms with Crippen LogP contribution >= 0.6 is 15.9 Å². The number of hydrogen-bond donors (Lipinski definition) is 0. The average Bonchev–Trinajstić information content (AvgIpc) is 2.52. The number of carbonyl (C=O) groups excluding carboxylic acids is 1. The SMILES string of the molecule is CCCCCCCCCCCC(Br)OC(=O)C(C)=CC(C)N(C)C. The molecule has 24 heavy (non-hydrogen) atoms. The van der Waals surface area contributed by atoms with Crippen molar-refractivity contribution in [1.82, 2.24) is 4.90 Å². The third-order valence-corrected chi connectivity index (χ3v) is 5.04. The molecule has 0 radical (unpaired) electrons. The van der Waals surface area contributed by atoms with Gasteiger partial charge in [-0.3, -0.25) is 0 Å². The summed E-state index contributed by atoms with van der Waals surface area (Å²) in [6.07, 6.45) is 14.6. The fourth-order valence-electron chi connectivity index (χ4n) is 2.46. The molecular formula is C20H38BrNO2. The molecule has 0 fully saturated rings. The predicted molar refractivity (Wildman–Crippen MR) is 108 cm³/mol. The molecule has 2 unspecified atom stereocenters. The Bertz CT molecular complexity index is 356. The molecule has 4 heteroatoms. The van der Waals surface area contributed by atoms with Crippen LogP contribution in [0.25, 0.3) is 0 Å². The molecule has 0 heterocycles. The van der Waals surface area contributed by atoms with Crippen LogP contribution in [0.3, 0.4) is 0 Å². The van der Waals surface area contributed by atoms with Gasteiger partial charge in [0, 0.05) is 11.6 Å². The van der Waals surface area contributed by atoms with Crippen molar-refractivity contribution < 1.29 is 9.53 Å². The van der Waals surface area contributed by atoms with E-state index in [0.717, 1.165) is 12.8 Å². The van der Waals surface area contributed by atoms with Gasteiger partial charge in [0.25, 0.3) is 0 Å². The Kier molecular flexibility index (Phi) is 14.7. The maximum absolute atomic E-state index is 12.0. The number of likely N-dealkylation sites (N-methyl/N-ethyl adjacent to an activating group) is 1. The summed E-state index contributed by atoms with van der Waals surface area (Å²) in [5.74, 6) is -0.221. The summed E-state index contributed by atoms with van der Waals surface area (Å²) in [4.78, 5) is 14.1. The van der Waals surface area contributed by atoms with Crippen molar-refractivity contribution >= 4 is 21.9 Å². The summed E-state index contributed by atoms with van der Waals surface area (Å²) in [5.41, 5.74) is 0.674. The zero-order chi connectivity index (χ0) is 18.4. The lowest BCUT2D eigenvalue weighted by molar-refractivity contribution is -0.140. The first-order chi connectivity index (χ1) is 11.4. The van der Waals surface area contributed by atoms with E-state index in [-0.39, 0.29) is 17.0 Å². The summed E-state index contributed by atoms with van der Waals surface area (Å²) < 4.78 is 5.46. The standard InChI is InChI=1S/C20H38BrNO2/c1-6-7-8-9-10-11-12-13-14-15-19(21)24-20(23)17(2)16-18(3)22(4)5/h16,18-19H,6-15H2,1-5H3. The Labute approximate surface area is 158 Å². The van der Waals surface area contributed by atoms with Gasteiger partial charge in [-0.1, -0.05) is 64.4 Å². The fraction of sp³-hybridized carbons (Fsp3) is 0.850. The molecule has 0 aromatic heterocycles. The second kappa shape index (κ2) is 14.9. The highest BCUT2D eigenvalue weighted by atomic mass is 79.9. The van der Waals surface area contributed by atoms with Crippen LogP contribution in [0.4, 0.5) is 0 Å². The number of rotatable bonds is 14. The minimum atomic E-state index is -0.221. The van der Waals surface area contributed by atoms with Crippen LogP contribution in [0, 0.1) is 0 Å². The van der Waals surface area contributed by atoms with Crippen LogP contribution in [0.1, 0.15) is 85.0 Å². The summed E-state index contributed by atoms with van der Waals surface area (Å²) in [7, 11) is 3.99. The minimum Gasteiger partial charge on any atom is -0.447 e. The summed E-state index contributed by atoms with van der Waals surface area (Å²) in [6, 6.07) is 0.226. The molecular weight excluding hydrogens is 366 g/mol. The van der Waals surface area contributed by atoms with Gasteiger partial charge in [-0.2, -0.15) is 0 Å². The number of hydrogen-bond acceptors (Lipinski definition) is 3. The highest BCUT2D eigenvalue weighted by Crippen LogP contribution is 2.16. The van der Waals surface area contributed by atoms with E-state index in [2.05, 4.69) is 34.7 Å². The van der Waals surface area contributed by atoms with Crippen molar-refractivity contribution in [3.63, 3.8) is 0 Å². The fourth-order valence-corrected chi connectivity index (χ4v) is 2.96. The van der Waals surface area contributed by atoms with Gasteiger partial charge in [0.1, 0.15) is 0 Å². The highest BCUT2D eigenvalue weighted by molar-refractivity contribution is 9.09. The number of unbranched alkanes of at least 4 members (excludes halogenated alkanes) is 8. The molecule has 0 amide bonds. The van der Waals surface area contributed by atoms with Crippen molar-refractivity contribution in [2.24, 2.45) is 0 Å². The average molecular weight is 404 g/mol. The number of halogens is 1.